The van der Waals surface area contributed by atoms with E-state index in [1.807, 2.05) is 0 Å². The van der Waals surface area contributed by atoms with Crippen LogP contribution in [0.15, 0.2) is 4.52 Å². The van der Waals surface area contributed by atoms with Gasteiger partial charge >= 0.3 is 0 Å². The van der Waals surface area contributed by atoms with E-state index in [1.165, 1.54) is 12.8 Å². The summed E-state index contributed by atoms with van der Waals surface area (Å²) in [5.74, 6) is 1.51. The predicted octanol–water partition coefficient (Wildman–Crippen LogP) is 1.85. The average molecular weight is 207 g/mol. The lowest BCUT2D eigenvalue weighted by Crippen LogP contribution is -2.44. The van der Waals surface area contributed by atoms with Crippen molar-refractivity contribution in [1.29, 1.82) is 0 Å². The number of nitrogens with zero attached hydrogens (tertiary/aromatic N) is 2. The van der Waals surface area contributed by atoms with Gasteiger partial charge in [-0.1, -0.05) is 18.5 Å². The van der Waals surface area contributed by atoms with E-state index >= 15 is 0 Å². The largest absolute Gasteiger partial charge is 0.339 e. The Labute approximate surface area is 89.2 Å². The third-order valence-corrected chi connectivity index (χ3v) is 4.09. The predicted molar refractivity (Wildman–Crippen MR) is 55.2 cm³/mol. The van der Waals surface area contributed by atoms with Crippen LogP contribution in [0.2, 0.25) is 0 Å². The molecule has 82 valence electrons. The van der Waals surface area contributed by atoms with Crippen molar-refractivity contribution in [2.45, 2.75) is 56.4 Å². The highest BCUT2D eigenvalue weighted by Crippen LogP contribution is 2.44. The Bertz CT molecular complexity index is 342. The van der Waals surface area contributed by atoms with Gasteiger partial charge in [-0.2, -0.15) is 4.98 Å². The summed E-state index contributed by atoms with van der Waals surface area (Å²) >= 11 is 0. The van der Waals surface area contributed by atoms with Crippen molar-refractivity contribution in [2.24, 2.45) is 5.73 Å². The van der Waals surface area contributed by atoms with Gasteiger partial charge in [-0.3, -0.25) is 0 Å². The number of rotatable bonds is 2. The Morgan fingerprint density at radius 3 is 2.33 bits per heavy atom. The van der Waals surface area contributed by atoms with Crippen molar-refractivity contribution in [1.82, 2.24) is 10.1 Å². The van der Waals surface area contributed by atoms with E-state index in [-0.39, 0.29) is 11.0 Å². The summed E-state index contributed by atoms with van der Waals surface area (Å²) in [5.41, 5.74) is 6.00. The second-order valence-electron chi connectivity index (χ2n) is 5.35. The molecule has 0 amide bonds. The van der Waals surface area contributed by atoms with Crippen LogP contribution in [-0.4, -0.2) is 10.1 Å². The summed E-state index contributed by atoms with van der Waals surface area (Å²) in [5, 5.41) is 4.05. The van der Waals surface area contributed by atoms with Crippen molar-refractivity contribution >= 4 is 0 Å². The van der Waals surface area contributed by atoms with Crippen LogP contribution in [0.3, 0.4) is 0 Å². The van der Waals surface area contributed by atoms with E-state index in [9.17, 15) is 0 Å². The molecule has 2 aliphatic rings. The zero-order valence-corrected chi connectivity index (χ0v) is 9.12. The maximum absolute atomic E-state index is 6.16. The van der Waals surface area contributed by atoms with Crippen LogP contribution >= 0.6 is 0 Å². The quantitative estimate of drug-likeness (QED) is 0.803. The number of hydrogen-bond donors (Lipinski definition) is 1. The summed E-state index contributed by atoms with van der Waals surface area (Å²) in [4.78, 5) is 4.50. The summed E-state index contributed by atoms with van der Waals surface area (Å²) in [6, 6.07) is 0. The monoisotopic (exact) mass is 207 g/mol. The third-order valence-electron chi connectivity index (χ3n) is 4.09. The Morgan fingerprint density at radius 2 is 1.87 bits per heavy atom. The molecule has 0 radical (unpaired) electrons. The standard InChI is InChI=1S/C11H17N3O/c1-10(4-2-5-10)9-13-8(14-15-9)11(12)6-3-7-11/h2-7,12H2,1H3. The topological polar surface area (TPSA) is 64.9 Å². The highest BCUT2D eigenvalue weighted by molar-refractivity contribution is 5.13. The minimum Gasteiger partial charge on any atom is -0.339 e. The van der Waals surface area contributed by atoms with Crippen LogP contribution in [-0.2, 0) is 11.0 Å². The van der Waals surface area contributed by atoms with Crippen LogP contribution < -0.4 is 5.73 Å². The van der Waals surface area contributed by atoms with Crippen molar-refractivity contribution in [3.63, 3.8) is 0 Å². The van der Waals surface area contributed by atoms with Crippen molar-refractivity contribution in [3.05, 3.63) is 11.7 Å². The molecular weight excluding hydrogens is 190 g/mol. The molecule has 1 heterocycles. The summed E-state index contributed by atoms with van der Waals surface area (Å²) in [7, 11) is 0. The average Bonchev–Trinajstić information content (AvgIpc) is 2.59. The lowest BCUT2D eigenvalue weighted by Gasteiger charge is -2.35. The van der Waals surface area contributed by atoms with E-state index in [0.717, 1.165) is 37.4 Å². The lowest BCUT2D eigenvalue weighted by atomic mass is 9.70. The van der Waals surface area contributed by atoms with E-state index in [4.69, 9.17) is 10.3 Å². The van der Waals surface area contributed by atoms with Crippen molar-refractivity contribution < 1.29 is 4.52 Å². The van der Waals surface area contributed by atoms with E-state index in [2.05, 4.69) is 17.1 Å². The molecule has 4 nitrogen and oxygen atoms in total. The van der Waals surface area contributed by atoms with Gasteiger partial charge in [-0.25, -0.2) is 0 Å². The van der Waals surface area contributed by atoms with E-state index in [1.54, 1.807) is 0 Å². The maximum atomic E-state index is 6.16. The Balaban J connectivity index is 1.87. The van der Waals surface area contributed by atoms with Gasteiger partial charge in [0.1, 0.15) is 0 Å². The molecule has 0 unspecified atom stereocenters. The van der Waals surface area contributed by atoms with Crippen molar-refractivity contribution in [2.75, 3.05) is 0 Å². The second-order valence-corrected chi connectivity index (χ2v) is 5.35. The van der Waals surface area contributed by atoms with Gasteiger partial charge < -0.3 is 10.3 Å². The summed E-state index contributed by atoms with van der Waals surface area (Å²) in [6.45, 7) is 2.19. The molecule has 1 aromatic rings. The number of aromatic nitrogens is 2. The molecule has 0 atom stereocenters. The molecule has 4 heteroatoms. The summed E-state index contributed by atoms with van der Waals surface area (Å²) in [6.07, 6.45) is 6.74. The van der Waals surface area contributed by atoms with E-state index in [0.29, 0.717) is 0 Å². The van der Waals surface area contributed by atoms with Crippen LogP contribution in [0.25, 0.3) is 0 Å². The van der Waals surface area contributed by atoms with Gasteiger partial charge in [0.25, 0.3) is 0 Å². The zero-order chi connectivity index (χ0) is 10.5. The first-order valence-electron chi connectivity index (χ1n) is 5.76. The minimum atomic E-state index is -0.290. The molecule has 0 bridgehead atoms. The molecule has 0 spiro atoms. The van der Waals surface area contributed by atoms with Crippen LogP contribution in [0.1, 0.15) is 57.2 Å². The zero-order valence-electron chi connectivity index (χ0n) is 9.12. The lowest BCUT2D eigenvalue weighted by molar-refractivity contribution is 0.192. The van der Waals surface area contributed by atoms with Gasteiger partial charge in [0, 0.05) is 5.41 Å². The van der Waals surface area contributed by atoms with Gasteiger partial charge in [-0.05, 0) is 32.1 Å². The molecule has 2 saturated carbocycles. The number of nitrogens with two attached hydrogens (primary N) is 1. The van der Waals surface area contributed by atoms with Gasteiger partial charge in [-0.15, -0.1) is 0 Å². The van der Waals surface area contributed by atoms with Crippen LogP contribution in [0.4, 0.5) is 0 Å². The maximum Gasteiger partial charge on any atom is 0.232 e. The molecule has 0 aromatic carbocycles. The fourth-order valence-electron chi connectivity index (χ4n) is 2.37. The molecule has 3 rings (SSSR count). The normalized spacial score (nSPS) is 26.8. The fourth-order valence-corrected chi connectivity index (χ4v) is 2.37. The third kappa shape index (κ3) is 1.24. The highest BCUT2D eigenvalue weighted by Gasteiger charge is 2.43. The number of hydrogen-bond acceptors (Lipinski definition) is 4. The molecule has 1 aromatic heterocycles. The highest BCUT2D eigenvalue weighted by atomic mass is 16.5. The molecule has 2 fully saturated rings. The Kier molecular flexibility index (Phi) is 1.75. The molecule has 2 aliphatic carbocycles. The molecule has 2 N–H and O–H groups in total. The first kappa shape index (κ1) is 9.33. The molecule has 15 heavy (non-hydrogen) atoms. The van der Waals surface area contributed by atoms with Crippen molar-refractivity contribution in [3.8, 4) is 0 Å². The fraction of sp³-hybridized carbons (Fsp3) is 0.818. The van der Waals surface area contributed by atoms with E-state index < -0.39 is 0 Å². The Morgan fingerprint density at radius 1 is 1.20 bits per heavy atom. The molecule has 0 aliphatic heterocycles. The second kappa shape index (κ2) is 2.82. The minimum absolute atomic E-state index is 0.130. The molecule has 0 saturated heterocycles. The van der Waals surface area contributed by atoms with Crippen LogP contribution in [0, 0.1) is 0 Å². The van der Waals surface area contributed by atoms with Crippen LogP contribution in [0.5, 0.6) is 0 Å². The SMILES string of the molecule is CC1(c2nc(C3(N)CCC3)no2)CCC1. The first-order valence-corrected chi connectivity index (χ1v) is 5.76. The smallest absolute Gasteiger partial charge is 0.232 e. The van der Waals surface area contributed by atoms with Gasteiger partial charge in [0.15, 0.2) is 5.82 Å². The Hall–Kier alpha value is -0.900. The summed E-state index contributed by atoms with van der Waals surface area (Å²) < 4.78 is 5.35. The molecular formula is C11H17N3O. The van der Waals surface area contributed by atoms with Gasteiger partial charge in [0.2, 0.25) is 5.89 Å². The first-order chi connectivity index (χ1) is 7.12. The van der Waals surface area contributed by atoms with Gasteiger partial charge in [0.05, 0.1) is 5.54 Å².